The minimum atomic E-state index is -4.25. The van der Waals surface area contributed by atoms with Crippen LogP contribution in [0, 0.1) is 12.3 Å². The Bertz CT molecular complexity index is 1290. The fourth-order valence-electron chi connectivity index (χ4n) is 4.67. The third-order valence-corrected chi connectivity index (χ3v) is 6.91. The summed E-state index contributed by atoms with van der Waals surface area (Å²) in [5.41, 5.74) is 0.936. The Labute approximate surface area is 212 Å². The largest absolute Gasteiger partial charge is 0.396 e. The quantitative estimate of drug-likeness (QED) is 0.506. The maximum absolute atomic E-state index is 13.3. The van der Waals surface area contributed by atoms with Gasteiger partial charge in [0.05, 0.1) is 36.1 Å². The van der Waals surface area contributed by atoms with Crippen LogP contribution in [0.3, 0.4) is 0 Å². The van der Waals surface area contributed by atoms with Crippen LogP contribution in [0.1, 0.15) is 42.7 Å². The number of halogens is 3. The molecule has 11 heteroatoms. The summed E-state index contributed by atoms with van der Waals surface area (Å²) < 4.78 is 47.1. The van der Waals surface area contributed by atoms with Gasteiger partial charge in [0.2, 0.25) is 0 Å². The first-order valence-electron chi connectivity index (χ1n) is 12.3. The Morgan fingerprint density at radius 1 is 1.19 bits per heavy atom. The lowest BCUT2D eigenvalue weighted by Crippen LogP contribution is -2.45. The first kappa shape index (κ1) is 25.2. The van der Waals surface area contributed by atoms with Gasteiger partial charge in [0.25, 0.3) is 5.91 Å². The molecule has 0 spiro atoms. The lowest BCUT2D eigenvalue weighted by atomic mass is 10.1. The van der Waals surface area contributed by atoms with E-state index in [0.717, 1.165) is 11.4 Å². The lowest BCUT2D eigenvalue weighted by molar-refractivity contribution is -0.191. The first-order valence-corrected chi connectivity index (χ1v) is 12.3. The van der Waals surface area contributed by atoms with Crippen molar-refractivity contribution in [2.75, 3.05) is 23.3 Å². The molecule has 0 radical (unpaired) electrons. The zero-order valence-corrected chi connectivity index (χ0v) is 20.9. The van der Waals surface area contributed by atoms with Crippen LogP contribution >= 0.6 is 0 Å². The lowest BCUT2D eigenvalue weighted by Gasteiger charge is -2.36. The molecule has 4 heterocycles. The molecular formula is C26H29F3N6O2. The molecule has 2 fully saturated rings. The van der Waals surface area contributed by atoms with Crippen LogP contribution in [-0.4, -0.2) is 57.1 Å². The maximum atomic E-state index is 13.3. The van der Waals surface area contributed by atoms with Gasteiger partial charge in [-0.05, 0) is 51.3 Å². The number of rotatable bonds is 6. The summed E-state index contributed by atoms with van der Waals surface area (Å²) in [5, 5.41) is 7.03. The number of nitrogens with one attached hydrogen (secondary N) is 1. The van der Waals surface area contributed by atoms with Gasteiger partial charge in [-0.25, -0.2) is 9.97 Å². The first-order chi connectivity index (χ1) is 17.5. The summed E-state index contributed by atoms with van der Waals surface area (Å²) in [7, 11) is 0. The Morgan fingerprint density at radius 3 is 2.59 bits per heavy atom. The number of pyridine rings is 2. The van der Waals surface area contributed by atoms with Crippen molar-refractivity contribution in [3.63, 3.8) is 0 Å². The molecule has 2 atom stereocenters. The summed E-state index contributed by atoms with van der Waals surface area (Å²) in [5.74, 6) is 0.358. The predicted octanol–water partition coefficient (Wildman–Crippen LogP) is 4.86. The minimum Gasteiger partial charge on any atom is -0.372 e. The Kier molecular flexibility index (Phi) is 6.43. The summed E-state index contributed by atoms with van der Waals surface area (Å²) >= 11 is 0. The number of nitrogens with zero attached hydrogens (tertiary/aromatic N) is 5. The van der Waals surface area contributed by atoms with Crippen molar-refractivity contribution in [3.05, 3.63) is 54.1 Å². The van der Waals surface area contributed by atoms with E-state index in [1.165, 1.54) is 10.9 Å². The van der Waals surface area contributed by atoms with Crippen molar-refractivity contribution >= 4 is 17.4 Å². The molecule has 3 aromatic heterocycles. The van der Waals surface area contributed by atoms with E-state index in [2.05, 4.69) is 25.3 Å². The number of hydrogen-bond donors (Lipinski definition) is 1. The van der Waals surface area contributed by atoms with Crippen molar-refractivity contribution in [3.8, 4) is 11.3 Å². The van der Waals surface area contributed by atoms with Gasteiger partial charge >= 0.3 is 6.18 Å². The minimum absolute atomic E-state index is 0.0736. The van der Waals surface area contributed by atoms with Crippen molar-refractivity contribution in [2.24, 2.45) is 5.41 Å². The Balaban J connectivity index is 1.31. The molecule has 196 valence electrons. The summed E-state index contributed by atoms with van der Waals surface area (Å²) in [4.78, 5) is 24.2. The molecule has 5 rings (SSSR count). The number of aromatic nitrogens is 4. The standard InChI is InChI=1S/C26H29F3N6O2/c1-16-10-30-23(34-12-17(2)37-18(3)13-34)9-22(16)33-24(36)21-6-4-5-20(32-21)19-11-31-35(14-19)15-25(7-8-25)26(27,28)29/h4-6,9-11,14,17-18H,7-8,12-13,15H2,1-3H3,(H,30,33,36)/t17-,18+. The number of carbonyl (C=O) groups excluding carboxylic acids is 1. The Hall–Kier alpha value is -3.47. The molecule has 37 heavy (non-hydrogen) atoms. The molecule has 1 aliphatic heterocycles. The monoisotopic (exact) mass is 514 g/mol. The second-order valence-corrected chi connectivity index (χ2v) is 10.1. The van der Waals surface area contributed by atoms with E-state index in [9.17, 15) is 18.0 Å². The zero-order valence-electron chi connectivity index (χ0n) is 20.9. The molecule has 1 saturated carbocycles. The van der Waals surface area contributed by atoms with E-state index in [-0.39, 0.29) is 37.3 Å². The smallest absolute Gasteiger partial charge is 0.372 e. The number of aryl methyl sites for hydroxylation is 1. The van der Waals surface area contributed by atoms with Crippen LogP contribution < -0.4 is 10.2 Å². The highest BCUT2D eigenvalue weighted by Gasteiger charge is 2.63. The fraction of sp³-hybridized carbons (Fsp3) is 0.462. The molecular weight excluding hydrogens is 485 g/mol. The van der Waals surface area contributed by atoms with Gasteiger partial charge < -0.3 is 15.0 Å². The zero-order chi connectivity index (χ0) is 26.4. The van der Waals surface area contributed by atoms with Gasteiger partial charge in [-0.3, -0.25) is 9.48 Å². The van der Waals surface area contributed by atoms with E-state index in [1.807, 2.05) is 26.8 Å². The molecule has 1 N–H and O–H groups in total. The predicted molar refractivity (Wildman–Crippen MR) is 132 cm³/mol. The number of ether oxygens (including phenoxy) is 1. The van der Waals surface area contributed by atoms with Crippen molar-refractivity contribution in [1.82, 2.24) is 19.7 Å². The van der Waals surface area contributed by atoms with Crippen LogP contribution in [0.5, 0.6) is 0 Å². The number of hydrogen-bond acceptors (Lipinski definition) is 6. The van der Waals surface area contributed by atoms with Gasteiger partial charge in [-0.15, -0.1) is 0 Å². The van der Waals surface area contributed by atoms with Crippen molar-refractivity contribution < 1.29 is 22.7 Å². The van der Waals surface area contributed by atoms with E-state index >= 15 is 0 Å². The van der Waals surface area contributed by atoms with Gasteiger partial charge in [0.1, 0.15) is 11.5 Å². The van der Waals surface area contributed by atoms with Crippen LogP contribution in [0.25, 0.3) is 11.3 Å². The number of carbonyl (C=O) groups is 1. The molecule has 1 saturated heterocycles. The number of anilines is 2. The highest BCUT2D eigenvalue weighted by Crippen LogP contribution is 2.58. The number of amides is 1. The molecule has 0 aromatic carbocycles. The SMILES string of the molecule is Cc1cnc(N2C[C@@H](C)O[C@@H](C)C2)cc1NC(=O)c1cccc(-c2cnn(CC3(C(F)(F)F)CC3)c2)n1. The van der Waals surface area contributed by atoms with E-state index in [0.29, 0.717) is 30.0 Å². The summed E-state index contributed by atoms with van der Waals surface area (Å²) in [6, 6.07) is 6.83. The molecule has 1 aliphatic carbocycles. The third-order valence-electron chi connectivity index (χ3n) is 6.91. The van der Waals surface area contributed by atoms with E-state index < -0.39 is 17.5 Å². The van der Waals surface area contributed by atoms with Gasteiger partial charge in [0.15, 0.2) is 0 Å². The highest BCUT2D eigenvalue weighted by molar-refractivity contribution is 6.03. The van der Waals surface area contributed by atoms with E-state index in [1.54, 1.807) is 30.6 Å². The molecule has 0 bridgehead atoms. The average Bonchev–Trinajstić information content (AvgIpc) is 3.49. The normalized spacial score (nSPS) is 21.1. The molecule has 0 unspecified atom stereocenters. The topological polar surface area (TPSA) is 85.2 Å². The van der Waals surface area contributed by atoms with E-state index in [4.69, 9.17) is 4.74 Å². The van der Waals surface area contributed by atoms with Crippen molar-refractivity contribution in [1.29, 1.82) is 0 Å². The molecule has 1 amide bonds. The maximum Gasteiger partial charge on any atom is 0.396 e. The van der Waals surface area contributed by atoms with Crippen LogP contribution in [0.15, 0.2) is 42.9 Å². The Morgan fingerprint density at radius 2 is 1.92 bits per heavy atom. The van der Waals surface area contributed by atoms with Gasteiger partial charge in [-0.1, -0.05) is 6.07 Å². The third kappa shape index (κ3) is 5.31. The van der Waals surface area contributed by atoms with Crippen LogP contribution in [0.4, 0.5) is 24.7 Å². The molecule has 3 aromatic rings. The summed E-state index contributed by atoms with van der Waals surface area (Å²) in [6.07, 6.45) is 0.854. The fourth-order valence-corrected chi connectivity index (χ4v) is 4.67. The van der Waals surface area contributed by atoms with Crippen LogP contribution in [-0.2, 0) is 11.3 Å². The number of morpholine rings is 1. The second kappa shape index (κ2) is 9.44. The molecule has 2 aliphatic rings. The second-order valence-electron chi connectivity index (χ2n) is 10.1. The molecule has 8 nitrogen and oxygen atoms in total. The van der Waals surface area contributed by atoms with Gasteiger partial charge in [0, 0.05) is 42.8 Å². The van der Waals surface area contributed by atoms with Crippen LogP contribution in [0.2, 0.25) is 0 Å². The number of alkyl halides is 3. The van der Waals surface area contributed by atoms with Gasteiger partial charge in [-0.2, -0.15) is 18.3 Å². The van der Waals surface area contributed by atoms with Crippen molar-refractivity contribution in [2.45, 2.75) is 58.5 Å². The highest BCUT2D eigenvalue weighted by atomic mass is 19.4. The average molecular weight is 515 g/mol. The summed E-state index contributed by atoms with van der Waals surface area (Å²) in [6.45, 7) is 7.08.